The van der Waals surface area contributed by atoms with Gasteiger partial charge in [0, 0.05) is 19.1 Å². The highest BCUT2D eigenvalue weighted by Crippen LogP contribution is 2.26. The van der Waals surface area contributed by atoms with Crippen molar-refractivity contribution in [3.05, 3.63) is 28.3 Å². The van der Waals surface area contributed by atoms with E-state index >= 15 is 0 Å². The molecule has 1 N–H and O–H groups in total. The van der Waals surface area contributed by atoms with Crippen molar-refractivity contribution in [1.29, 1.82) is 0 Å². The number of sulfonamides is 1. The summed E-state index contributed by atoms with van der Waals surface area (Å²) in [6, 6.07) is 2.70. The number of rotatable bonds is 6. The molecule has 0 aromatic heterocycles. The van der Waals surface area contributed by atoms with Crippen LogP contribution in [0.1, 0.15) is 35.1 Å². The fraction of sp³-hybridized carbons (Fsp3) is 0.625. The molecule has 0 bridgehead atoms. The second-order valence-corrected chi connectivity index (χ2v) is 7.90. The van der Waals surface area contributed by atoms with Crippen LogP contribution >= 0.6 is 0 Å². The van der Waals surface area contributed by atoms with E-state index in [2.05, 4.69) is 16.7 Å². The smallest absolute Gasteiger partial charge is 0.241 e. The standard InChI is InChI=1S/C16H26N2O2S/c1-11-10-12(2)14(4)16(13(11)3)21(19,20)17-8-9-18(5)15-6-7-15/h10,15,17H,6-9H2,1-5H3. The third-order valence-electron chi connectivity index (χ3n) is 4.49. The molecule has 0 saturated heterocycles. The number of likely N-dealkylation sites (N-methyl/N-ethyl adjacent to an activating group) is 1. The number of aryl methyl sites for hydroxylation is 2. The predicted molar refractivity (Wildman–Crippen MR) is 86.2 cm³/mol. The van der Waals surface area contributed by atoms with Gasteiger partial charge in [0.25, 0.3) is 0 Å². The van der Waals surface area contributed by atoms with Gasteiger partial charge in [0.05, 0.1) is 4.90 Å². The first kappa shape index (κ1) is 16.5. The fourth-order valence-electron chi connectivity index (χ4n) is 2.71. The highest BCUT2D eigenvalue weighted by atomic mass is 32.2. The van der Waals surface area contributed by atoms with E-state index in [-0.39, 0.29) is 0 Å². The van der Waals surface area contributed by atoms with Crippen molar-refractivity contribution in [3.63, 3.8) is 0 Å². The molecule has 0 amide bonds. The molecule has 118 valence electrons. The van der Waals surface area contributed by atoms with Crippen molar-refractivity contribution in [2.45, 2.75) is 51.5 Å². The van der Waals surface area contributed by atoms with E-state index < -0.39 is 10.0 Å². The van der Waals surface area contributed by atoms with E-state index in [0.717, 1.165) is 28.8 Å². The van der Waals surface area contributed by atoms with Gasteiger partial charge < -0.3 is 4.90 Å². The van der Waals surface area contributed by atoms with Crippen LogP contribution in [0.5, 0.6) is 0 Å². The topological polar surface area (TPSA) is 49.4 Å². The second-order valence-electron chi connectivity index (χ2n) is 6.20. The zero-order valence-electron chi connectivity index (χ0n) is 13.7. The average Bonchev–Trinajstić information content (AvgIpc) is 3.20. The molecule has 0 unspecified atom stereocenters. The molecule has 1 aromatic carbocycles. The third kappa shape index (κ3) is 3.65. The lowest BCUT2D eigenvalue weighted by molar-refractivity contribution is 0.329. The molecule has 1 saturated carbocycles. The van der Waals surface area contributed by atoms with Gasteiger partial charge in [-0.05, 0) is 69.8 Å². The van der Waals surface area contributed by atoms with Crippen LogP contribution in [0.2, 0.25) is 0 Å². The lowest BCUT2D eigenvalue weighted by Crippen LogP contribution is -2.34. The Morgan fingerprint density at radius 2 is 1.67 bits per heavy atom. The van der Waals surface area contributed by atoms with E-state index in [9.17, 15) is 8.42 Å². The van der Waals surface area contributed by atoms with Crippen molar-refractivity contribution in [2.24, 2.45) is 0 Å². The summed E-state index contributed by atoms with van der Waals surface area (Å²) in [6.07, 6.45) is 2.47. The zero-order valence-corrected chi connectivity index (χ0v) is 14.5. The van der Waals surface area contributed by atoms with Crippen LogP contribution in [0.15, 0.2) is 11.0 Å². The van der Waals surface area contributed by atoms with Crippen LogP contribution in [-0.2, 0) is 10.0 Å². The molecule has 0 spiro atoms. The first-order valence-corrected chi connectivity index (χ1v) is 8.99. The zero-order chi connectivity index (χ0) is 15.8. The lowest BCUT2D eigenvalue weighted by Gasteiger charge is -2.18. The van der Waals surface area contributed by atoms with Gasteiger partial charge in [-0.25, -0.2) is 13.1 Å². The Morgan fingerprint density at radius 1 is 1.14 bits per heavy atom. The Balaban J connectivity index is 2.15. The largest absolute Gasteiger partial charge is 0.302 e. The fourth-order valence-corrected chi connectivity index (χ4v) is 4.34. The van der Waals surface area contributed by atoms with Gasteiger partial charge in [-0.1, -0.05) is 6.07 Å². The van der Waals surface area contributed by atoms with Crippen LogP contribution < -0.4 is 4.72 Å². The predicted octanol–water partition coefficient (Wildman–Crippen LogP) is 2.29. The summed E-state index contributed by atoms with van der Waals surface area (Å²) in [5.74, 6) is 0. The normalized spacial score (nSPS) is 15.7. The molecule has 5 heteroatoms. The lowest BCUT2D eigenvalue weighted by atomic mass is 10.0. The van der Waals surface area contributed by atoms with Crippen molar-refractivity contribution in [3.8, 4) is 0 Å². The Morgan fingerprint density at radius 3 is 2.14 bits per heavy atom. The molecule has 2 rings (SSSR count). The van der Waals surface area contributed by atoms with Crippen LogP contribution in [0, 0.1) is 27.7 Å². The summed E-state index contributed by atoms with van der Waals surface area (Å²) in [5.41, 5.74) is 3.74. The second kappa shape index (κ2) is 6.07. The summed E-state index contributed by atoms with van der Waals surface area (Å²) >= 11 is 0. The SMILES string of the molecule is Cc1cc(C)c(C)c(S(=O)(=O)NCCN(C)C2CC2)c1C. The van der Waals surface area contributed by atoms with E-state index in [1.807, 2.05) is 33.8 Å². The summed E-state index contributed by atoms with van der Waals surface area (Å²) < 4.78 is 28.0. The van der Waals surface area contributed by atoms with Crippen LogP contribution in [0.3, 0.4) is 0 Å². The number of nitrogens with zero attached hydrogens (tertiary/aromatic N) is 1. The number of hydrogen-bond acceptors (Lipinski definition) is 3. The molecule has 0 heterocycles. The summed E-state index contributed by atoms with van der Waals surface area (Å²) in [4.78, 5) is 2.68. The Labute approximate surface area is 128 Å². The maximum Gasteiger partial charge on any atom is 0.241 e. The maximum absolute atomic E-state index is 12.6. The van der Waals surface area contributed by atoms with Gasteiger partial charge in [-0.3, -0.25) is 0 Å². The van der Waals surface area contributed by atoms with E-state index in [1.54, 1.807) is 0 Å². The Hall–Kier alpha value is -0.910. The first-order valence-electron chi connectivity index (χ1n) is 7.51. The van der Waals surface area contributed by atoms with E-state index in [4.69, 9.17) is 0 Å². The van der Waals surface area contributed by atoms with Gasteiger partial charge >= 0.3 is 0 Å². The van der Waals surface area contributed by atoms with Crippen molar-refractivity contribution in [1.82, 2.24) is 9.62 Å². The molecule has 0 radical (unpaired) electrons. The monoisotopic (exact) mass is 310 g/mol. The molecule has 0 atom stereocenters. The van der Waals surface area contributed by atoms with Crippen molar-refractivity contribution >= 4 is 10.0 Å². The van der Waals surface area contributed by atoms with Crippen LogP contribution in [-0.4, -0.2) is 39.5 Å². The Bertz CT molecular complexity index is 608. The average molecular weight is 310 g/mol. The third-order valence-corrected chi connectivity index (χ3v) is 6.23. The number of benzene rings is 1. The molecule has 0 aliphatic heterocycles. The first-order chi connectivity index (χ1) is 9.74. The van der Waals surface area contributed by atoms with E-state index in [1.165, 1.54) is 12.8 Å². The van der Waals surface area contributed by atoms with Crippen LogP contribution in [0.25, 0.3) is 0 Å². The summed E-state index contributed by atoms with van der Waals surface area (Å²) in [7, 11) is -1.39. The molecular formula is C16H26N2O2S. The van der Waals surface area contributed by atoms with Gasteiger partial charge in [0.2, 0.25) is 10.0 Å². The maximum atomic E-state index is 12.6. The quantitative estimate of drug-likeness (QED) is 0.877. The van der Waals surface area contributed by atoms with Gasteiger partial charge in [0.1, 0.15) is 0 Å². The minimum absolute atomic E-state index is 0.453. The van der Waals surface area contributed by atoms with E-state index in [0.29, 0.717) is 17.5 Å². The number of nitrogens with one attached hydrogen (secondary N) is 1. The molecule has 1 aliphatic carbocycles. The summed E-state index contributed by atoms with van der Waals surface area (Å²) in [6.45, 7) is 8.90. The van der Waals surface area contributed by atoms with Gasteiger partial charge in [0.15, 0.2) is 0 Å². The van der Waals surface area contributed by atoms with Gasteiger partial charge in [-0.2, -0.15) is 0 Å². The van der Waals surface area contributed by atoms with Gasteiger partial charge in [-0.15, -0.1) is 0 Å². The molecule has 1 aliphatic rings. The minimum atomic E-state index is -3.44. The molecule has 21 heavy (non-hydrogen) atoms. The van der Waals surface area contributed by atoms with Crippen LogP contribution in [0.4, 0.5) is 0 Å². The van der Waals surface area contributed by atoms with Crippen molar-refractivity contribution in [2.75, 3.05) is 20.1 Å². The highest BCUT2D eigenvalue weighted by molar-refractivity contribution is 7.89. The molecular weight excluding hydrogens is 284 g/mol. The molecule has 1 aromatic rings. The molecule has 4 nitrogen and oxygen atoms in total. The Kier molecular flexibility index (Phi) is 4.76. The minimum Gasteiger partial charge on any atom is -0.302 e. The van der Waals surface area contributed by atoms with Crippen molar-refractivity contribution < 1.29 is 8.42 Å². The number of hydrogen-bond donors (Lipinski definition) is 1. The summed E-state index contributed by atoms with van der Waals surface area (Å²) in [5, 5.41) is 0. The highest BCUT2D eigenvalue weighted by Gasteiger charge is 2.26. The molecule has 1 fully saturated rings.